The van der Waals surface area contributed by atoms with Gasteiger partial charge in [0.2, 0.25) is 0 Å². The fourth-order valence-corrected chi connectivity index (χ4v) is 2.73. The van der Waals surface area contributed by atoms with Gasteiger partial charge in [0.05, 0.1) is 11.5 Å². The van der Waals surface area contributed by atoms with Crippen LogP contribution >= 0.6 is 0 Å². The van der Waals surface area contributed by atoms with E-state index < -0.39 is 9.84 Å². The van der Waals surface area contributed by atoms with Crippen LogP contribution in [0.2, 0.25) is 0 Å². The maximum absolute atomic E-state index is 11.5. The van der Waals surface area contributed by atoms with Crippen molar-refractivity contribution in [3.63, 3.8) is 0 Å². The van der Waals surface area contributed by atoms with E-state index in [1.807, 2.05) is 39.8 Å². The van der Waals surface area contributed by atoms with E-state index in [1.165, 1.54) is 0 Å². The summed E-state index contributed by atoms with van der Waals surface area (Å²) in [6.45, 7) is 7.38. The summed E-state index contributed by atoms with van der Waals surface area (Å²) < 4.78 is 23.0. The Hall–Kier alpha value is -0.570. The second-order valence-electron chi connectivity index (χ2n) is 3.30. The van der Waals surface area contributed by atoms with Gasteiger partial charge < -0.3 is 0 Å². The summed E-state index contributed by atoms with van der Waals surface area (Å²) in [5.41, 5.74) is 1.81. The fraction of sp³-hybridized carbons (Fsp3) is 0.600. The number of sulfone groups is 1. The molecule has 0 aliphatic carbocycles. The monoisotopic (exact) mass is 202 g/mol. The predicted molar refractivity (Wildman–Crippen MR) is 57.5 cm³/mol. The Kier molecular flexibility index (Phi) is 4.99. The molecule has 76 valence electrons. The van der Waals surface area contributed by atoms with E-state index in [9.17, 15) is 8.42 Å². The summed E-state index contributed by atoms with van der Waals surface area (Å²) in [6.07, 6.45) is 3.67. The third-order valence-corrected chi connectivity index (χ3v) is 3.67. The molecule has 0 heterocycles. The molecule has 3 heteroatoms. The molecule has 0 rings (SSSR count). The van der Waals surface area contributed by atoms with Gasteiger partial charge in [0.25, 0.3) is 0 Å². The van der Waals surface area contributed by atoms with Crippen molar-refractivity contribution in [1.29, 1.82) is 0 Å². The van der Waals surface area contributed by atoms with Gasteiger partial charge in [-0.15, -0.1) is 0 Å². The lowest BCUT2D eigenvalue weighted by molar-refractivity contribution is 0.600. The third-order valence-electron chi connectivity index (χ3n) is 1.88. The van der Waals surface area contributed by atoms with Crippen LogP contribution in [-0.2, 0) is 9.84 Å². The molecule has 2 nitrogen and oxygen atoms in total. The SMILES string of the molecule is CC=C(C)CS(=O)(=O)CC(C)=CC. The quantitative estimate of drug-likeness (QED) is 0.656. The first-order valence-electron chi connectivity index (χ1n) is 4.35. The zero-order valence-corrected chi connectivity index (χ0v) is 9.61. The third kappa shape index (κ3) is 5.64. The van der Waals surface area contributed by atoms with Crippen molar-refractivity contribution in [2.24, 2.45) is 0 Å². The molecule has 0 N–H and O–H groups in total. The Labute approximate surface area is 81.3 Å². The van der Waals surface area contributed by atoms with Crippen molar-refractivity contribution in [1.82, 2.24) is 0 Å². The van der Waals surface area contributed by atoms with Crippen LogP contribution in [-0.4, -0.2) is 19.9 Å². The van der Waals surface area contributed by atoms with E-state index in [1.54, 1.807) is 0 Å². The normalized spacial score (nSPS) is 14.8. The zero-order chi connectivity index (χ0) is 10.5. The summed E-state index contributed by atoms with van der Waals surface area (Å²) >= 11 is 0. The van der Waals surface area contributed by atoms with Crippen LogP contribution in [0.25, 0.3) is 0 Å². The van der Waals surface area contributed by atoms with Gasteiger partial charge in [-0.2, -0.15) is 0 Å². The van der Waals surface area contributed by atoms with E-state index in [2.05, 4.69) is 0 Å². The topological polar surface area (TPSA) is 34.1 Å². The highest BCUT2D eigenvalue weighted by molar-refractivity contribution is 7.91. The summed E-state index contributed by atoms with van der Waals surface area (Å²) in [7, 11) is -2.94. The maximum atomic E-state index is 11.5. The smallest absolute Gasteiger partial charge is 0.157 e. The largest absolute Gasteiger partial charge is 0.228 e. The molecule has 0 aliphatic rings. The lowest BCUT2D eigenvalue weighted by atomic mass is 10.3. The van der Waals surface area contributed by atoms with Crippen LogP contribution in [0.1, 0.15) is 27.7 Å². The second kappa shape index (κ2) is 5.22. The van der Waals surface area contributed by atoms with Crippen molar-refractivity contribution in [2.75, 3.05) is 11.5 Å². The van der Waals surface area contributed by atoms with Crippen molar-refractivity contribution < 1.29 is 8.42 Å². The Morgan fingerprint density at radius 2 is 1.31 bits per heavy atom. The lowest BCUT2D eigenvalue weighted by Crippen LogP contribution is -2.12. The van der Waals surface area contributed by atoms with Gasteiger partial charge in [0.15, 0.2) is 9.84 Å². The molecule has 0 aromatic heterocycles. The summed E-state index contributed by atoms with van der Waals surface area (Å²) in [5.74, 6) is 0.351. The average Bonchev–Trinajstić information content (AvgIpc) is 2.02. The van der Waals surface area contributed by atoms with E-state index >= 15 is 0 Å². The number of hydrogen-bond acceptors (Lipinski definition) is 2. The van der Waals surface area contributed by atoms with Gasteiger partial charge in [0, 0.05) is 0 Å². The first kappa shape index (κ1) is 12.4. The first-order chi connectivity index (χ1) is 5.91. The molecule has 0 amide bonds. The minimum absolute atomic E-state index is 0.175. The van der Waals surface area contributed by atoms with E-state index in [0.717, 1.165) is 11.1 Å². The molecular formula is C10H18O2S. The van der Waals surface area contributed by atoms with Gasteiger partial charge in [0.1, 0.15) is 0 Å². The van der Waals surface area contributed by atoms with Gasteiger partial charge in [-0.3, -0.25) is 0 Å². The Balaban J connectivity index is 4.44. The van der Waals surface area contributed by atoms with Crippen molar-refractivity contribution in [3.05, 3.63) is 23.3 Å². The molecule has 0 atom stereocenters. The number of hydrogen-bond donors (Lipinski definition) is 0. The lowest BCUT2D eigenvalue weighted by Gasteiger charge is -2.03. The van der Waals surface area contributed by atoms with Crippen LogP contribution in [0, 0.1) is 0 Å². The highest BCUT2D eigenvalue weighted by Gasteiger charge is 2.11. The average molecular weight is 202 g/mol. The summed E-state index contributed by atoms with van der Waals surface area (Å²) in [4.78, 5) is 0. The van der Waals surface area contributed by atoms with Crippen LogP contribution < -0.4 is 0 Å². The molecule has 13 heavy (non-hydrogen) atoms. The zero-order valence-electron chi connectivity index (χ0n) is 8.79. The second-order valence-corrected chi connectivity index (χ2v) is 5.37. The molecule has 0 aliphatic heterocycles. The standard InChI is InChI=1S/C10H18O2S/c1-5-9(3)7-13(11,12)8-10(4)6-2/h5-6H,7-8H2,1-4H3. The van der Waals surface area contributed by atoms with Crippen LogP contribution in [0.15, 0.2) is 23.3 Å². The van der Waals surface area contributed by atoms with Gasteiger partial charge in [-0.1, -0.05) is 23.3 Å². The van der Waals surface area contributed by atoms with Crippen molar-refractivity contribution >= 4 is 9.84 Å². The van der Waals surface area contributed by atoms with Gasteiger partial charge in [-0.25, -0.2) is 8.42 Å². The van der Waals surface area contributed by atoms with E-state index in [0.29, 0.717) is 0 Å². The molecule has 0 unspecified atom stereocenters. The Morgan fingerprint density at radius 1 is 1.00 bits per heavy atom. The molecule has 0 spiro atoms. The summed E-state index contributed by atoms with van der Waals surface area (Å²) in [5, 5.41) is 0. The van der Waals surface area contributed by atoms with Crippen molar-refractivity contribution in [2.45, 2.75) is 27.7 Å². The van der Waals surface area contributed by atoms with Crippen LogP contribution in [0.3, 0.4) is 0 Å². The summed E-state index contributed by atoms with van der Waals surface area (Å²) in [6, 6.07) is 0. The molecule has 0 bridgehead atoms. The predicted octanol–water partition coefficient (Wildman–Crippen LogP) is 2.33. The maximum Gasteiger partial charge on any atom is 0.157 e. The molecule has 0 saturated carbocycles. The first-order valence-corrected chi connectivity index (χ1v) is 6.17. The molecule has 0 fully saturated rings. The highest BCUT2D eigenvalue weighted by Crippen LogP contribution is 2.05. The van der Waals surface area contributed by atoms with Gasteiger partial charge >= 0.3 is 0 Å². The Bertz CT molecular complexity index is 282. The van der Waals surface area contributed by atoms with Crippen LogP contribution in [0.5, 0.6) is 0 Å². The van der Waals surface area contributed by atoms with E-state index in [4.69, 9.17) is 0 Å². The molecular weight excluding hydrogens is 184 g/mol. The molecule has 0 radical (unpaired) electrons. The Morgan fingerprint density at radius 3 is 1.54 bits per heavy atom. The molecule has 0 aromatic rings. The minimum atomic E-state index is -2.94. The van der Waals surface area contributed by atoms with E-state index in [-0.39, 0.29) is 11.5 Å². The molecule has 0 saturated heterocycles. The molecule has 0 aromatic carbocycles. The van der Waals surface area contributed by atoms with Gasteiger partial charge in [-0.05, 0) is 27.7 Å². The highest BCUT2D eigenvalue weighted by atomic mass is 32.2. The number of allylic oxidation sites excluding steroid dienone is 2. The van der Waals surface area contributed by atoms with Crippen LogP contribution in [0.4, 0.5) is 0 Å². The number of rotatable bonds is 4. The fourth-order valence-electron chi connectivity index (χ4n) is 0.911. The van der Waals surface area contributed by atoms with Crippen molar-refractivity contribution in [3.8, 4) is 0 Å². The minimum Gasteiger partial charge on any atom is -0.228 e.